The Morgan fingerprint density at radius 2 is 2.00 bits per heavy atom. The van der Waals surface area contributed by atoms with Crippen molar-refractivity contribution in [1.29, 1.82) is 0 Å². The van der Waals surface area contributed by atoms with Crippen molar-refractivity contribution >= 4 is 5.95 Å². The zero-order valence-corrected chi connectivity index (χ0v) is 8.51. The zero-order valence-electron chi connectivity index (χ0n) is 8.51. The highest BCUT2D eigenvalue weighted by Crippen LogP contribution is 2.06. The third-order valence-corrected chi connectivity index (χ3v) is 2.14. The van der Waals surface area contributed by atoms with Gasteiger partial charge >= 0.3 is 0 Å². The lowest BCUT2D eigenvalue weighted by Crippen LogP contribution is -2.04. The number of rotatable bonds is 3. The van der Waals surface area contributed by atoms with Gasteiger partial charge in [0.05, 0.1) is 0 Å². The van der Waals surface area contributed by atoms with E-state index in [4.69, 9.17) is 0 Å². The van der Waals surface area contributed by atoms with Gasteiger partial charge in [0.2, 0.25) is 5.95 Å². The minimum atomic E-state index is 0.647. The second-order valence-corrected chi connectivity index (χ2v) is 3.23. The van der Waals surface area contributed by atoms with E-state index in [2.05, 4.69) is 20.3 Å². The average molecular weight is 200 g/mol. The number of aromatic nitrogens is 3. The summed E-state index contributed by atoms with van der Waals surface area (Å²) in [5.74, 6) is 0.647. The van der Waals surface area contributed by atoms with Gasteiger partial charge < -0.3 is 5.32 Å². The van der Waals surface area contributed by atoms with Crippen molar-refractivity contribution in [3.8, 4) is 0 Å². The zero-order chi connectivity index (χ0) is 10.5. The monoisotopic (exact) mass is 200 g/mol. The maximum Gasteiger partial charge on any atom is 0.222 e. The largest absolute Gasteiger partial charge is 0.350 e. The summed E-state index contributed by atoms with van der Waals surface area (Å²) >= 11 is 0. The molecule has 2 heterocycles. The first kappa shape index (κ1) is 9.58. The van der Waals surface area contributed by atoms with E-state index in [1.165, 1.54) is 11.1 Å². The van der Waals surface area contributed by atoms with E-state index in [-0.39, 0.29) is 0 Å². The van der Waals surface area contributed by atoms with Crippen molar-refractivity contribution in [3.63, 3.8) is 0 Å². The molecule has 2 aromatic heterocycles. The van der Waals surface area contributed by atoms with Crippen molar-refractivity contribution in [2.75, 3.05) is 5.32 Å². The van der Waals surface area contributed by atoms with Crippen LogP contribution in [0.2, 0.25) is 0 Å². The highest BCUT2D eigenvalue weighted by Gasteiger charge is 1.98. The van der Waals surface area contributed by atoms with Crippen LogP contribution in [0.25, 0.3) is 0 Å². The van der Waals surface area contributed by atoms with E-state index in [9.17, 15) is 0 Å². The van der Waals surface area contributed by atoms with Gasteiger partial charge in [-0.3, -0.25) is 4.98 Å². The molecule has 0 aliphatic rings. The minimum absolute atomic E-state index is 0.647. The first-order valence-electron chi connectivity index (χ1n) is 4.76. The van der Waals surface area contributed by atoms with E-state index in [1.807, 2.05) is 19.2 Å². The molecule has 15 heavy (non-hydrogen) atoms. The van der Waals surface area contributed by atoms with Crippen molar-refractivity contribution in [3.05, 3.63) is 48.0 Å². The first-order chi connectivity index (χ1) is 7.36. The van der Waals surface area contributed by atoms with Gasteiger partial charge in [0.1, 0.15) is 0 Å². The molecular formula is C11H12N4. The molecule has 0 unspecified atom stereocenters. The summed E-state index contributed by atoms with van der Waals surface area (Å²) in [6.45, 7) is 2.76. The van der Waals surface area contributed by atoms with Gasteiger partial charge in [-0.25, -0.2) is 9.97 Å². The van der Waals surface area contributed by atoms with Crippen LogP contribution < -0.4 is 5.32 Å². The molecule has 0 saturated heterocycles. The highest BCUT2D eigenvalue weighted by atomic mass is 15.1. The Balaban J connectivity index is 2.03. The van der Waals surface area contributed by atoms with Gasteiger partial charge in [-0.2, -0.15) is 0 Å². The Labute approximate surface area is 88.4 Å². The number of hydrogen-bond donors (Lipinski definition) is 1. The summed E-state index contributed by atoms with van der Waals surface area (Å²) in [7, 11) is 0. The van der Waals surface area contributed by atoms with Gasteiger partial charge in [0, 0.05) is 31.3 Å². The molecule has 0 amide bonds. The Hall–Kier alpha value is -1.97. The van der Waals surface area contributed by atoms with Gasteiger partial charge in [-0.1, -0.05) is 0 Å². The second kappa shape index (κ2) is 4.50. The molecule has 2 aromatic rings. The van der Waals surface area contributed by atoms with Crippen LogP contribution in [0.5, 0.6) is 0 Å². The van der Waals surface area contributed by atoms with Gasteiger partial charge in [-0.05, 0) is 30.2 Å². The van der Waals surface area contributed by atoms with Gasteiger partial charge in [-0.15, -0.1) is 0 Å². The van der Waals surface area contributed by atoms with E-state index >= 15 is 0 Å². The topological polar surface area (TPSA) is 50.7 Å². The number of hydrogen-bond acceptors (Lipinski definition) is 4. The van der Waals surface area contributed by atoms with Crippen LogP contribution in [0.15, 0.2) is 36.9 Å². The summed E-state index contributed by atoms with van der Waals surface area (Å²) in [6.07, 6.45) is 7.07. The molecule has 4 heteroatoms. The molecule has 0 saturated carbocycles. The van der Waals surface area contributed by atoms with Crippen molar-refractivity contribution in [2.45, 2.75) is 13.5 Å². The summed E-state index contributed by atoms with van der Waals surface area (Å²) in [6, 6.07) is 3.79. The molecule has 0 fully saturated rings. The lowest BCUT2D eigenvalue weighted by molar-refractivity contribution is 1.03. The molecule has 0 aromatic carbocycles. The van der Waals surface area contributed by atoms with Crippen LogP contribution in [0.3, 0.4) is 0 Å². The molecule has 0 radical (unpaired) electrons. The Kier molecular flexibility index (Phi) is 2.88. The smallest absolute Gasteiger partial charge is 0.222 e. The lowest BCUT2D eigenvalue weighted by Gasteiger charge is -2.06. The van der Waals surface area contributed by atoms with Crippen LogP contribution in [-0.2, 0) is 6.54 Å². The Morgan fingerprint density at radius 1 is 1.20 bits per heavy atom. The average Bonchev–Trinajstić information content (AvgIpc) is 2.29. The quantitative estimate of drug-likeness (QED) is 0.820. The first-order valence-corrected chi connectivity index (χ1v) is 4.76. The van der Waals surface area contributed by atoms with Crippen molar-refractivity contribution < 1.29 is 0 Å². The van der Waals surface area contributed by atoms with Crippen molar-refractivity contribution in [1.82, 2.24) is 15.0 Å². The van der Waals surface area contributed by atoms with Crippen LogP contribution in [-0.4, -0.2) is 15.0 Å². The lowest BCUT2D eigenvalue weighted by atomic mass is 10.1. The standard InChI is InChI=1S/C11H12N4/c1-9-7-12-6-3-10(9)8-15-11-13-4-2-5-14-11/h2-7H,8H2,1H3,(H,13,14,15). The normalized spacial score (nSPS) is 9.93. The summed E-state index contributed by atoms with van der Waals surface area (Å²) in [5, 5.41) is 3.15. The third-order valence-electron chi connectivity index (χ3n) is 2.14. The molecule has 4 nitrogen and oxygen atoms in total. The molecule has 76 valence electrons. The SMILES string of the molecule is Cc1cnccc1CNc1ncccn1. The number of aryl methyl sites for hydroxylation is 1. The van der Waals surface area contributed by atoms with E-state index in [1.54, 1.807) is 24.7 Å². The number of pyridine rings is 1. The highest BCUT2D eigenvalue weighted by molar-refractivity contribution is 5.29. The fraction of sp³-hybridized carbons (Fsp3) is 0.182. The molecule has 0 spiro atoms. The molecule has 0 atom stereocenters. The summed E-state index contributed by atoms with van der Waals surface area (Å²) in [5.41, 5.74) is 2.37. The molecular weight excluding hydrogens is 188 g/mol. The minimum Gasteiger partial charge on any atom is -0.350 e. The van der Waals surface area contributed by atoms with Gasteiger partial charge in [0.25, 0.3) is 0 Å². The fourth-order valence-electron chi connectivity index (χ4n) is 1.27. The van der Waals surface area contributed by atoms with Crippen LogP contribution in [0.4, 0.5) is 5.95 Å². The molecule has 1 N–H and O–H groups in total. The molecule has 0 aliphatic heterocycles. The summed E-state index contributed by atoms with van der Waals surface area (Å²) < 4.78 is 0. The molecule has 0 aliphatic carbocycles. The third kappa shape index (κ3) is 2.49. The maximum atomic E-state index is 4.09. The van der Waals surface area contributed by atoms with Crippen LogP contribution in [0.1, 0.15) is 11.1 Å². The predicted octanol–water partition coefficient (Wildman–Crippen LogP) is 1.79. The molecule has 0 bridgehead atoms. The summed E-state index contributed by atoms with van der Waals surface area (Å²) in [4.78, 5) is 12.2. The fourth-order valence-corrected chi connectivity index (χ4v) is 1.27. The Bertz CT molecular complexity index is 428. The van der Waals surface area contributed by atoms with Crippen LogP contribution in [0, 0.1) is 6.92 Å². The second-order valence-electron chi connectivity index (χ2n) is 3.23. The number of anilines is 1. The predicted molar refractivity (Wildman–Crippen MR) is 58.3 cm³/mol. The van der Waals surface area contributed by atoms with E-state index in [0.29, 0.717) is 5.95 Å². The number of nitrogens with one attached hydrogen (secondary N) is 1. The molecule has 2 rings (SSSR count). The number of nitrogens with zero attached hydrogens (tertiary/aromatic N) is 3. The van der Waals surface area contributed by atoms with Gasteiger partial charge in [0.15, 0.2) is 0 Å². The van der Waals surface area contributed by atoms with Crippen LogP contribution >= 0.6 is 0 Å². The Morgan fingerprint density at radius 3 is 2.73 bits per heavy atom. The maximum absolute atomic E-state index is 4.09. The van der Waals surface area contributed by atoms with E-state index in [0.717, 1.165) is 6.54 Å². The van der Waals surface area contributed by atoms with Crippen molar-refractivity contribution in [2.24, 2.45) is 0 Å². The van der Waals surface area contributed by atoms with E-state index < -0.39 is 0 Å².